The molecular formula is C30H31ClFN3O5S. The maximum absolute atomic E-state index is 15.2. The van der Waals surface area contributed by atoms with Gasteiger partial charge < -0.3 is 14.4 Å². The Balaban J connectivity index is 1.30. The number of carbonyl (C=O) groups excluding carboxylic acids is 3. The number of halogens is 2. The minimum Gasteiger partial charge on any atom is -0.485 e. The SMILES string of the molecule is Cc1cc(Cl)cc(-c2ccnc3cc(CN4C(=O)C5CCC5C4=O)sc23)c1O[C@@H]1CN(C(=O)OC(C)(C)C)C[C@@H]1F. The average Bonchev–Trinajstić information content (AvgIpc) is 3.48. The van der Waals surface area contributed by atoms with Gasteiger partial charge in [0, 0.05) is 27.2 Å². The first-order valence-electron chi connectivity index (χ1n) is 13.7. The number of benzene rings is 1. The third kappa shape index (κ3) is 5.16. The zero-order chi connectivity index (χ0) is 29.2. The molecule has 1 aromatic carbocycles. The highest BCUT2D eigenvalue weighted by Gasteiger charge is 2.52. The Morgan fingerprint density at radius 3 is 2.49 bits per heavy atom. The van der Waals surface area contributed by atoms with Crippen LogP contribution in [0.4, 0.5) is 9.18 Å². The Kier molecular flexibility index (Phi) is 6.97. The highest BCUT2D eigenvalue weighted by Crippen LogP contribution is 2.45. The van der Waals surface area contributed by atoms with Crippen LogP contribution in [0.3, 0.4) is 0 Å². The fourth-order valence-corrected chi connectivity index (χ4v) is 7.15. The van der Waals surface area contributed by atoms with Crippen molar-refractivity contribution in [3.63, 3.8) is 0 Å². The van der Waals surface area contributed by atoms with Gasteiger partial charge in [0.05, 0.1) is 41.7 Å². The number of likely N-dealkylation sites (tertiary alicyclic amines) is 2. The van der Waals surface area contributed by atoms with Crippen molar-refractivity contribution in [2.45, 2.75) is 65.0 Å². The van der Waals surface area contributed by atoms with Crippen molar-refractivity contribution < 1.29 is 28.2 Å². The fraction of sp³-hybridized carbons (Fsp3) is 0.467. The monoisotopic (exact) mass is 599 g/mol. The predicted octanol–water partition coefficient (Wildman–Crippen LogP) is 6.16. The number of aryl methyl sites for hydroxylation is 1. The molecule has 3 fully saturated rings. The van der Waals surface area contributed by atoms with Crippen molar-refractivity contribution in [1.29, 1.82) is 0 Å². The van der Waals surface area contributed by atoms with Crippen molar-refractivity contribution in [2.24, 2.45) is 11.8 Å². The summed E-state index contributed by atoms with van der Waals surface area (Å²) in [7, 11) is 0. The first-order chi connectivity index (χ1) is 19.4. The van der Waals surface area contributed by atoms with E-state index in [1.54, 1.807) is 39.1 Å². The molecule has 2 aliphatic heterocycles. The summed E-state index contributed by atoms with van der Waals surface area (Å²) in [6, 6.07) is 7.28. The Bertz CT molecular complexity index is 1550. The number of ether oxygens (including phenoxy) is 2. The molecule has 0 N–H and O–H groups in total. The second kappa shape index (κ2) is 10.2. The van der Waals surface area contributed by atoms with Crippen LogP contribution in [0.15, 0.2) is 30.5 Å². The van der Waals surface area contributed by atoms with E-state index in [1.807, 2.05) is 19.1 Å². The van der Waals surface area contributed by atoms with E-state index in [9.17, 15) is 14.4 Å². The van der Waals surface area contributed by atoms with Crippen molar-refractivity contribution >= 4 is 51.1 Å². The molecule has 0 bridgehead atoms. The second-order valence-electron chi connectivity index (χ2n) is 12.0. The molecule has 2 unspecified atom stereocenters. The summed E-state index contributed by atoms with van der Waals surface area (Å²) in [6.07, 6.45) is 0.359. The molecule has 6 rings (SSSR count). The largest absolute Gasteiger partial charge is 0.485 e. The molecule has 3 aromatic rings. The van der Waals surface area contributed by atoms with Gasteiger partial charge in [-0.2, -0.15) is 0 Å². The summed E-state index contributed by atoms with van der Waals surface area (Å²) in [4.78, 5) is 46.1. The average molecular weight is 600 g/mol. The molecule has 8 nitrogen and oxygen atoms in total. The summed E-state index contributed by atoms with van der Waals surface area (Å²) in [5, 5.41) is 0.494. The normalized spacial score (nSPS) is 24.1. The number of aromatic nitrogens is 1. The molecule has 2 saturated heterocycles. The van der Waals surface area contributed by atoms with Gasteiger partial charge in [0.1, 0.15) is 17.5 Å². The number of nitrogens with zero attached hydrogens (tertiary/aromatic N) is 3. The van der Waals surface area contributed by atoms with Crippen LogP contribution in [0, 0.1) is 18.8 Å². The van der Waals surface area contributed by atoms with Crippen LogP contribution in [-0.4, -0.2) is 63.7 Å². The number of hydrogen-bond acceptors (Lipinski definition) is 7. The van der Waals surface area contributed by atoms with Crippen LogP contribution in [0.2, 0.25) is 5.02 Å². The number of amides is 3. The van der Waals surface area contributed by atoms with Gasteiger partial charge in [0.2, 0.25) is 11.8 Å². The number of alkyl halides is 1. The van der Waals surface area contributed by atoms with Crippen LogP contribution >= 0.6 is 22.9 Å². The lowest BCUT2D eigenvalue weighted by molar-refractivity contribution is -0.140. The standard InChI is InChI=1S/C30H31ClFN3O5S/c1-15-9-16(31)10-21(25(15)39-24-14-34(13-22(24)32)29(38)40-30(2,3)4)18-7-8-33-23-11-17(41-26(18)23)12-35-27(36)19-5-6-20(19)28(35)37/h7-11,19-20,22,24H,5-6,12-14H2,1-4H3/t19?,20?,22-,24+/m0/s1. The topological polar surface area (TPSA) is 89.0 Å². The molecule has 2 aromatic heterocycles. The van der Waals surface area contributed by atoms with Crippen molar-refractivity contribution in [2.75, 3.05) is 13.1 Å². The quantitative estimate of drug-likeness (QED) is 0.327. The lowest BCUT2D eigenvalue weighted by atomic mass is 9.76. The van der Waals surface area contributed by atoms with Gasteiger partial charge in [-0.1, -0.05) is 11.6 Å². The Morgan fingerprint density at radius 1 is 1.12 bits per heavy atom. The third-order valence-corrected chi connectivity index (χ3v) is 9.23. The summed E-state index contributed by atoms with van der Waals surface area (Å²) in [6.45, 7) is 7.28. The van der Waals surface area contributed by atoms with Gasteiger partial charge in [-0.3, -0.25) is 19.5 Å². The van der Waals surface area contributed by atoms with Crippen LogP contribution < -0.4 is 4.74 Å². The van der Waals surface area contributed by atoms with Gasteiger partial charge >= 0.3 is 6.09 Å². The number of pyridine rings is 1. The lowest BCUT2D eigenvalue weighted by Crippen LogP contribution is -2.36. The van der Waals surface area contributed by atoms with Crippen molar-refractivity contribution in [1.82, 2.24) is 14.8 Å². The van der Waals surface area contributed by atoms with Crippen LogP contribution in [0.25, 0.3) is 21.3 Å². The van der Waals surface area contributed by atoms with E-state index < -0.39 is 24.0 Å². The van der Waals surface area contributed by atoms with Crippen LogP contribution in [-0.2, 0) is 20.9 Å². The lowest BCUT2D eigenvalue weighted by Gasteiger charge is -2.24. The molecule has 216 valence electrons. The molecule has 0 spiro atoms. The molecule has 41 heavy (non-hydrogen) atoms. The van der Waals surface area contributed by atoms with E-state index in [4.69, 9.17) is 21.1 Å². The maximum Gasteiger partial charge on any atom is 0.410 e. The molecule has 4 heterocycles. The van der Waals surface area contributed by atoms with Crippen molar-refractivity contribution in [3.05, 3.63) is 45.9 Å². The molecule has 3 amide bonds. The van der Waals surface area contributed by atoms with E-state index >= 15 is 4.39 Å². The molecular weight excluding hydrogens is 569 g/mol. The maximum atomic E-state index is 15.2. The van der Waals surface area contributed by atoms with Gasteiger partial charge in [0.15, 0.2) is 6.17 Å². The van der Waals surface area contributed by atoms with E-state index in [0.29, 0.717) is 21.9 Å². The van der Waals surface area contributed by atoms with E-state index in [1.165, 1.54) is 21.1 Å². The number of rotatable bonds is 5. The molecule has 3 aliphatic rings. The smallest absolute Gasteiger partial charge is 0.410 e. The minimum absolute atomic E-state index is 0.0480. The van der Waals surface area contributed by atoms with E-state index in [0.717, 1.165) is 33.5 Å². The Labute approximate surface area is 246 Å². The van der Waals surface area contributed by atoms with Gasteiger partial charge in [0.25, 0.3) is 0 Å². The highest BCUT2D eigenvalue weighted by molar-refractivity contribution is 7.19. The fourth-order valence-electron chi connectivity index (χ4n) is 5.75. The number of imide groups is 1. The first kappa shape index (κ1) is 27.9. The molecule has 1 saturated carbocycles. The minimum atomic E-state index is -1.40. The van der Waals surface area contributed by atoms with Gasteiger partial charge in [-0.15, -0.1) is 11.3 Å². The van der Waals surface area contributed by atoms with E-state index in [2.05, 4.69) is 4.98 Å². The molecule has 0 radical (unpaired) electrons. The summed E-state index contributed by atoms with van der Waals surface area (Å²) in [5.41, 5.74) is 2.21. The zero-order valence-corrected chi connectivity index (χ0v) is 24.9. The molecule has 11 heteroatoms. The first-order valence-corrected chi connectivity index (χ1v) is 14.9. The predicted molar refractivity (Wildman–Crippen MR) is 154 cm³/mol. The Hall–Kier alpha value is -3.24. The van der Waals surface area contributed by atoms with Crippen molar-refractivity contribution in [3.8, 4) is 16.9 Å². The molecule has 1 aliphatic carbocycles. The van der Waals surface area contributed by atoms with Gasteiger partial charge in [-0.05, 0) is 70.4 Å². The second-order valence-corrected chi connectivity index (χ2v) is 13.6. The number of hydrogen-bond donors (Lipinski definition) is 0. The van der Waals surface area contributed by atoms with E-state index in [-0.39, 0.29) is 43.3 Å². The number of thiophene rings is 1. The van der Waals surface area contributed by atoms with Gasteiger partial charge in [-0.25, -0.2) is 9.18 Å². The summed E-state index contributed by atoms with van der Waals surface area (Å²) < 4.78 is 27.7. The van der Waals surface area contributed by atoms with Crippen LogP contribution in [0.5, 0.6) is 5.75 Å². The third-order valence-electron chi connectivity index (χ3n) is 7.87. The molecule has 4 atom stereocenters. The summed E-state index contributed by atoms with van der Waals surface area (Å²) in [5.74, 6) is -0.0367. The zero-order valence-electron chi connectivity index (χ0n) is 23.3. The number of carbonyl (C=O) groups is 3. The number of fused-ring (bicyclic) bond motifs is 2. The highest BCUT2D eigenvalue weighted by atomic mass is 35.5. The summed E-state index contributed by atoms with van der Waals surface area (Å²) >= 11 is 7.94. The Morgan fingerprint density at radius 2 is 1.83 bits per heavy atom. The van der Waals surface area contributed by atoms with Crippen LogP contribution in [0.1, 0.15) is 44.1 Å².